The van der Waals surface area contributed by atoms with Crippen LogP contribution < -0.4 is 20.1 Å². The number of nitrogens with zero attached hydrogens (tertiary/aromatic N) is 2. The van der Waals surface area contributed by atoms with Gasteiger partial charge < -0.3 is 30.1 Å². The Morgan fingerprint density at radius 1 is 1.10 bits per heavy atom. The van der Waals surface area contributed by atoms with Crippen LogP contribution in [0, 0.1) is 5.92 Å². The minimum Gasteiger partial charge on any atom is -0.497 e. The number of ether oxygens (including phenoxy) is 2. The van der Waals surface area contributed by atoms with E-state index in [0.717, 1.165) is 0 Å². The summed E-state index contributed by atoms with van der Waals surface area (Å²) in [5.74, 6) is -0.0732. The second kappa shape index (κ2) is 13.2. The average molecular weight is 597 g/mol. The van der Waals surface area contributed by atoms with Crippen LogP contribution in [0.3, 0.4) is 0 Å². The molecule has 0 aromatic heterocycles. The van der Waals surface area contributed by atoms with Gasteiger partial charge in [-0.2, -0.15) is 4.31 Å². The fourth-order valence-corrected chi connectivity index (χ4v) is 5.83. The largest absolute Gasteiger partial charge is 0.497 e. The number of para-hydroxylation sites is 2. The molecule has 0 saturated carbocycles. The van der Waals surface area contributed by atoms with Crippen LogP contribution in [0.25, 0.3) is 0 Å². The van der Waals surface area contributed by atoms with E-state index in [1.54, 1.807) is 66.4 Å². The number of hydrogen-bond donors (Lipinski definition) is 3. The predicted molar refractivity (Wildman–Crippen MR) is 159 cm³/mol. The van der Waals surface area contributed by atoms with Crippen LogP contribution in [-0.2, 0) is 10.0 Å². The van der Waals surface area contributed by atoms with Crippen LogP contribution in [0.1, 0.15) is 24.2 Å². The van der Waals surface area contributed by atoms with Gasteiger partial charge in [0.05, 0.1) is 42.4 Å². The predicted octanol–water partition coefficient (Wildman–Crippen LogP) is 3.88. The first-order valence-electron chi connectivity index (χ1n) is 13.5. The third-order valence-electron chi connectivity index (χ3n) is 7.18. The molecule has 0 unspecified atom stereocenters. The number of aliphatic hydroxyl groups excluding tert-OH is 1. The second-order valence-electron chi connectivity index (χ2n) is 10.2. The van der Waals surface area contributed by atoms with Crippen molar-refractivity contribution >= 4 is 33.3 Å². The van der Waals surface area contributed by atoms with Gasteiger partial charge in [-0.05, 0) is 55.5 Å². The minimum absolute atomic E-state index is 0.0466. The highest BCUT2D eigenvalue weighted by Crippen LogP contribution is 2.35. The smallest absolute Gasteiger partial charge is 0.323 e. The van der Waals surface area contributed by atoms with E-state index in [4.69, 9.17) is 9.47 Å². The van der Waals surface area contributed by atoms with Crippen molar-refractivity contribution < 1.29 is 32.6 Å². The van der Waals surface area contributed by atoms with Gasteiger partial charge in [0.2, 0.25) is 10.0 Å². The maximum atomic E-state index is 13.7. The lowest BCUT2D eigenvalue weighted by molar-refractivity contribution is 0.0389. The van der Waals surface area contributed by atoms with Gasteiger partial charge in [0.1, 0.15) is 11.9 Å². The summed E-state index contributed by atoms with van der Waals surface area (Å²) < 4.78 is 39.6. The van der Waals surface area contributed by atoms with Crippen molar-refractivity contribution in [3.63, 3.8) is 0 Å². The standard InChI is InChI=1S/C30H36N4O7S/c1-20-17-34(21(2)19-35)29(36)25-11-8-12-26(32-30(37)31-22-9-6-5-7-10-22)28(25)41-27(20)18-33(3)42(38,39)24-15-13-23(40-4)14-16-24/h5-16,20-21,27,35H,17-19H2,1-4H3,(H2,31,32,37)/t20-,21-,27+/m0/s1. The number of rotatable bonds is 9. The van der Waals surface area contributed by atoms with E-state index in [2.05, 4.69) is 10.6 Å². The number of carbonyl (C=O) groups excluding carboxylic acids is 2. The van der Waals surface area contributed by atoms with E-state index in [1.807, 2.05) is 13.0 Å². The van der Waals surface area contributed by atoms with Crippen molar-refractivity contribution in [3.8, 4) is 11.5 Å². The first-order chi connectivity index (χ1) is 20.0. The molecule has 11 nitrogen and oxygen atoms in total. The molecule has 0 saturated heterocycles. The van der Waals surface area contributed by atoms with E-state index < -0.39 is 28.2 Å². The third-order valence-corrected chi connectivity index (χ3v) is 9.01. The SMILES string of the molecule is COc1ccc(S(=O)(=O)N(C)C[C@H]2Oc3c(NC(=O)Nc4ccccc4)cccc3C(=O)N([C@@H](C)CO)C[C@@H]2C)cc1. The van der Waals surface area contributed by atoms with Crippen LogP contribution in [-0.4, -0.2) is 80.7 Å². The lowest BCUT2D eigenvalue weighted by Crippen LogP contribution is -2.50. The molecule has 224 valence electrons. The zero-order chi connectivity index (χ0) is 30.4. The number of urea groups is 1. The average Bonchev–Trinajstić information content (AvgIpc) is 2.99. The van der Waals surface area contributed by atoms with Crippen molar-refractivity contribution in [1.82, 2.24) is 9.21 Å². The molecule has 4 rings (SSSR count). The van der Waals surface area contributed by atoms with E-state index >= 15 is 0 Å². The Hall–Kier alpha value is -4.13. The van der Waals surface area contributed by atoms with Gasteiger partial charge in [0, 0.05) is 25.2 Å². The molecule has 1 heterocycles. The van der Waals surface area contributed by atoms with Crippen molar-refractivity contribution in [2.45, 2.75) is 30.9 Å². The number of nitrogens with one attached hydrogen (secondary N) is 2. The van der Waals surface area contributed by atoms with Crippen molar-refractivity contribution in [2.75, 3.05) is 44.5 Å². The lowest BCUT2D eigenvalue weighted by Gasteiger charge is -2.38. The Labute approximate surface area is 246 Å². The molecule has 3 amide bonds. The Morgan fingerprint density at radius 3 is 2.43 bits per heavy atom. The highest BCUT2D eigenvalue weighted by atomic mass is 32.2. The van der Waals surface area contributed by atoms with Crippen LogP contribution in [0.5, 0.6) is 11.5 Å². The topological polar surface area (TPSA) is 138 Å². The second-order valence-corrected chi connectivity index (χ2v) is 12.3. The molecule has 3 aromatic carbocycles. The Kier molecular flexibility index (Phi) is 9.71. The summed E-state index contributed by atoms with van der Waals surface area (Å²) in [5, 5.41) is 15.4. The zero-order valence-corrected chi connectivity index (χ0v) is 24.8. The maximum absolute atomic E-state index is 13.7. The molecule has 3 N–H and O–H groups in total. The fourth-order valence-electron chi connectivity index (χ4n) is 4.65. The van der Waals surface area contributed by atoms with Gasteiger partial charge in [-0.1, -0.05) is 31.2 Å². The summed E-state index contributed by atoms with van der Waals surface area (Å²) in [6, 6.07) is 18.7. The number of methoxy groups -OCH3 is 1. The highest BCUT2D eigenvalue weighted by molar-refractivity contribution is 7.89. The normalized spacial score (nSPS) is 17.9. The number of likely N-dealkylation sites (N-methyl/N-ethyl adjacent to an activating group) is 1. The molecular weight excluding hydrogens is 560 g/mol. The summed E-state index contributed by atoms with van der Waals surface area (Å²) >= 11 is 0. The van der Waals surface area contributed by atoms with Crippen LogP contribution in [0.2, 0.25) is 0 Å². The number of sulfonamides is 1. The van der Waals surface area contributed by atoms with E-state index in [9.17, 15) is 23.1 Å². The molecule has 1 aliphatic rings. The van der Waals surface area contributed by atoms with Crippen molar-refractivity contribution in [3.05, 3.63) is 78.4 Å². The monoisotopic (exact) mass is 596 g/mol. The van der Waals surface area contributed by atoms with Gasteiger partial charge in [0.15, 0.2) is 5.75 Å². The van der Waals surface area contributed by atoms with E-state index in [1.165, 1.54) is 30.6 Å². The van der Waals surface area contributed by atoms with E-state index in [-0.39, 0.29) is 53.4 Å². The molecule has 3 atom stereocenters. The van der Waals surface area contributed by atoms with Gasteiger partial charge in [-0.15, -0.1) is 0 Å². The molecule has 3 aromatic rings. The summed E-state index contributed by atoms with van der Waals surface area (Å²) in [5.41, 5.74) is 1.00. The highest BCUT2D eigenvalue weighted by Gasteiger charge is 2.36. The van der Waals surface area contributed by atoms with Gasteiger partial charge in [0.25, 0.3) is 5.91 Å². The summed E-state index contributed by atoms with van der Waals surface area (Å²) in [4.78, 5) is 28.2. The molecule has 0 bridgehead atoms. The Balaban J connectivity index is 1.68. The number of carbonyl (C=O) groups is 2. The van der Waals surface area contributed by atoms with Gasteiger partial charge in [-0.25, -0.2) is 13.2 Å². The molecule has 0 radical (unpaired) electrons. The minimum atomic E-state index is -3.90. The quantitative estimate of drug-likeness (QED) is 0.341. The molecule has 1 aliphatic heterocycles. The Bertz CT molecular complexity index is 1500. The van der Waals surface area contributed by atoms with Crippen LogP contribution >= 0.6 is 0 Å². The van der Waals surface area contributed by atoms with Gasteiger partial charge >= 0.3 is 6.03 Å². The van der Waals surface area contributed by atoms with Crippen molar-refractivity contribution in [1.29, 1.82) is 0 Å². The number of anilines is 2. The zero-order valence-electron chi connectivity index (χ0n) is 24.0. The molecule has 0 fully saturated rings. The number of fused-ring (bicyclic) bond motifs is 1. The van der Waals surface area contributed by atoms with Crippen LogP contribution in [0.15, 0.2) is 77.7 Å². The molecule has 0 aliphatic carbocycles. The molecule has 42 heavy (non-hydrogen) atoms. The molecule has 0 spiro atoms. The first-order valence-corrected chi connectivity index (χ1v) is 14.9. The summed E-state index contributed by atoms with van der Waals surface area (Å²) in [6.07, 6.45) is -0.719. The fraction of sp³-hybridized carbons (Fsp3) is 0.333. The number of aliphatic hydroxyl groups is 1. The molecular formula is C30H36N4O7S. The molecule has 12 heteroatoms. The number of hydrogen-bond acceptors (Lipinski definition) is 7. The lowest BCUT2D eigenvalue weighted by atomic mass is 9.99. The first kappa shape index (κ1) is 30.8. The van der Waals surface area contributed by atoms with Crippen molar-refractivity contribution in [2.24, 2.45) is 5.92 Å². The maximum Gasteiger partial charge on any atom is 0.323 e. The summed E-state index contributed by atoms with van der Waals surface area (Å²) in [6.45, 7) is 3.49. The Morgan fingerprint density at radius 2 is 1.79 bits per heavy atom. The van der Waals surface area contributed by atoms with Crippen LogP contribution in [0.4, 0.5) is 16.2 Å². The number of amides is 3. The number of benzene rings is 3. The van der Waals surface area contributed by atoms with E-state index in [0.29, 0.717) is 11.4 Å². The third kappa shape index (κ3) is 6.84. The van der Waals surface area contributed by atoms with Gasteiger partial charge in [-0.3, -0.25) is 4.79 Å². The summed E-state index contributed by atoms with van der Waals surface area (Å²) in [7, 11) is -0.931.